The number of rotatable bonds is 3. The fourth-order valence-electron chi connectivity index (χ4n) is 2.10. The Balaban J connectivity index is 0.00000147. The van der Waals surface area contributed by atoms with Crippen molar-refractivity contribution in [3.8, 4) is 16.9 Å². The van der Waals surface area contributed by atoms with Crippen molar-refractivity contribution in [2.24, 2.45) is 0 Å². The van der Waals surface area contributed by atoms with Gasteiger partial charge < -0.3 is 4.74 Å². The topological polar surface area (TPSA) is 22.1 Å². The van der Waals surface area contributed by atoms with Crippen molar-refractivity contribution in [2.45, 2.75) is 20.0 Å². The number of aromatic nitrogens is 1. The third-order valence-corrected chi connectivity index (χ3v) is 3.84. The lowest BCUT2D eigenvalue weighted by atomic mass is 10.1. The van der Waals surface area contributed by atoms with Crippen molar-refractivity contribution in [1.82, 2.24) is 4.98 Å². The van der Waals surface area contributed by atoms with Crippen LogP contribution in [0.5, 0.6) is 5.75 Å². The van der Waals surface area contributed by atoms with Gasteiger partial charge in [0.1, 0.15) is 5.75 Å². The molecule has 3 rings (SSSR count). The molecule has 2 nitrogen and oxygen atoms in total. The molecule has 0 saturated carbocycles. The number of hydrogen-bond donors (Lipinski definition) is 0. The number of thiophene rings is 1. The van der Waals surface area contributed by atoms with Gasteiger partial charge in [-0.1, -0.05) is 6.07 Å². The molecule has 0 saturated heterocycles. The first-order valence-electron chi connectivity index (χ1n) is 6.32. The third-order valence-electron chi connectivity index (χ3n) is 2.89. The van der Waals surface area contributed by atoms with Gasteiger partial charge in [0, 0.05) is 33.6 Å². The van der Waals surface area contributed by atoms with Crippen molar-refractivity contribution in [3.05, 3.63) is 48.1 Å². The molecule has 0 bridgehead atoms. The number of halogens is 1. The molecule has 1 aromatic carbocycles. The Kier molecular flexibility index (Phi) is 4.63. The average Bonchev–Trinajstić information content (AvgIpc) is 2.82. The number of nitrogens with zero attached hydrogens (tertiary/aromatic N) is 1. The molecular weight excluding hydrogens is 290 g/mol. The third kappa shape index (κ3) is 2.94. The Morgan fingerprint density at radius 3 is 2.75 bits per heavy atom. The van der Waals surface area contributed by atoms with E-state index in [4.69, 9.17) is 4.74 Å². The van der Waals surface area contributed by atoms with Crippen molar-refractivity contribution < 1.29 is 4.74 Å². The van der Waals surface area contributed by atoms with E-state index in [1.54, 1.807) is 17.5 Å². The van der Waals surface area contributed by atoms with E-state index in [2.05, 4.69) is 28.6 Å². The maximum atomic E-state index is 5.73. The maximum Gasteiger partial charge on any atom is 0.121 e. The van der Waals surface area contributed by atoms with Gasteiger partial charge >= 0.3 is 0 Å². The van der Waals surface area contributed by atoms with Crippen molar-refractivity contribution in [3.63, 3.8) is 0 Å². The van der Waals surface area contributed by atoms with Gasteiger partial charge in [0.2, 0.25) is 0 Å². The van der Waals surface area contributed by atoms with Crippen LogP contribution in [0.15, 0.2) is 48.1 Å². The van der Waals surface area contributed by atoms with Crippen LogP contribution in [0.4, 0.5) is 0 Å². The van der Waals surface area contributed by atoms with Crippen LogP contribution in [-0.4, -0.2) is 11.1 Å². The molecule has 0 aliphatic heterocycles. The van der Waals surface area contributed by atoms with Gasteiger partial charge in [-0.2, -0.15) is 0 Å². The van der Waals surface area contributed by atoms with Crippen LogP contribution in [-0.2, 0) is 0 Å². The second kappa shape index (κ2) is 6.25. The Hall–Kier alpha value is -1.58. The largest absolute Gasteiger partial charge is 0.491 e. The van der Waals surface area contributed by atoms with Crippen molar-refractivity contribution in [2.75, 3.05) is 0 Å². The molecule has 4 heteroatoms. The fraction of sp³-hybridized carbons (Fsp3) is 0.188. The SMILES string of the molecule is CC(C)Oc1ccc2c(-c3cccnc3)csc2c1.Cl. The van der Waals surface area contributed by atoms with E-state index < -0.39 is 0 Å². The first-order chi connectivity index (χ1) is 9.24. The summed E-state index contributed by atoms with van der Waals surface area (Å²) in [6.07, 6.45) is 3.90. The van der Waals surface area contributed by atoms with Gasteiger partial charge in [-0.05, 0) is 43.5 Å². The van der Waals surface area contributed by atoms with Crippen LogP contribution >= 0.6 is 23.7 Å². The van der Waals surface area contributed by atoms with Crippen LogP contribution in [0.1, 0.15) is 13.8 Å². The predicted molar refractivity (Wildman–Crippen MR) is 88.1 cm³/mol. The molecule has 104 valence electrons. The van der Waals surface area contributed by atoms with Gasteiger partial charge in [-0.3, -0.25) is 4.98 Å². The summed E-state index contributed by atoms with van der Waals surface area (Å²) in [4.78, 5) is 4.18. The molecule has 0 aliphatic carbocycles. The zero-order valence-corrected chi connectivity index (χ0v) is 13.0. The first kappa shape index (κ1) is 14.8. The molecular formula is C16H16ClNOS. The standard InChI is InChI=1S/C16H15NOS.ClH/c1-11(2)18-13-5-6-14-15(10-19-16(14)8-13)12-4-3-7-17-9-12;/h3-11H,1-2H3;1H. The summed E-state index contributed by atoms with van der Waals surface area (Å²) in [5, 5.41) is 3.44. The molecule has 0 fully saturated rings. The van der Waals surface area contributed by atoms with E-state index in [0.717, 1.165) is 11.3 Å². The number of fused-ring (bicyclic) bond motifs is 1. The molecule has 0 N–H and O–H groups in total. The van der Waals surface area contributed by atoms with Crippen LogP contribution in [0, 0.1) is 0 Å². The minimum Gasteiger partial charge on any atom is -0.491 e. The highest BCUT2D eigenvalue weighted by Crippen LogP contribution is 2.35. The van der Waals surface area contributed by atoms with Gasteiger partial charge in [0.25, 0.3) is 0 Å². The Bertz CT molecular complexity index is 694. The van der Waals surface area contributed by atoms with Crippen LogP contribution in [0.25, 0.3) is 21.2 Å². The van der Waals surface area contributed by atoms with E-state index in [0.29, 0.717) is 0 Å². The normalized spacial score (nSPS) is 10.6. The zero-order chi connectivity index (χ0) is 13.2. The van der Waals surface area contributed by atoms with Crippen LogP contribution in [0.2, 0.25) is 0 Å². The molecule has 0 aliphatic rings. The quantitative estimate of drug-likeness (QED) is 0.666. The lowest BCUT2D eigenvalue weighted by Crippen LogP contribution is -2.04. The first-order valence-corrected chi connectivity index (χ1v) is 7.20. The Labute approximate surface area is 128 Å². The second-order valence-electron chi connectivity index (χ2n) is 4.72. The van der Waals surface area contributed by atoms with E-state index in [1.165, 1.54) is 15.6 Å². The molecule has 0 atom stereocenters. The second-order valence-corrected chi connectivity index (χ2v) is 5.63. The van der Waals surface area contributed by atoms with Gasteiger partial charge in [-0.25, -0.2) is 0 Å². The summed E-state index contributed by atoms with van der Waals surface area (Å²) in [5.41, 5.74) is 2.40. The summed E-state index contributed by atoms with van der Waals surface area (Å²) < 4.78 is 6.98. The minimum absolute atomic E-state index is 0. The highest BCUT2D eigenvalue weighted by atomic mass is 35.5. The molecule has 2 heterocycles. The summed E-state index contributed by atoms with van der Waals surface area (Å²) in [6.45, 7) is 4.08. The lowest BCUT2D eigenvalue weighted by molar-refractivity contribution is 0.243. The number of pyridine rings is 1. The summed E-state index contributed by atoms with van der Waals surface area (Å²) >= 11 is 1.74. The van der Waals surface area contributed by atoms with E-state index >= 15 is 0 Å². The molecule has 20 heavy (non-hydrogen) atoms. The molecule has 0 spiro atoms. The van der Waals surface area contributed by atoms with Crippen molar-refractivity contribution >= 4 is 33.8 Å². The molecule has 0 unspecified atom stereocenters. The highest BCUT2D eigenvalue weighted by molar-refractivity contribution is 7.17. The zero-order valence-electron chi connectivity index (χ0n) is 11.4. The Morgan fingerprint density at radius 2 is 2.05 bits per heavy atom. The number of hydrogen-bond acceptors (Lipinski definition) is 3. The molecule has 0 amide bonds. The summed E-state index contributed by atoms with van der Waals surface area (Å²) in [6, 6.07) is 10.3. The lowest BCUT2D eigenvalue weighted by Gasteiger charge is -2.09. The molecule has 2 aromatic heterocycles. The smallest absolute Gasteiger partial charge is 0.121 e. The summed E-state index contributed by atoms with van der Waals surface area (Å²) in [7, 11) is 0. The van der Waals surface area contributed by atoms with Crippen LogP contribution in [0.3, 0.4) is 0 Å². The summed E-state index contributed by atoms with van der Waals surface area (Å²) in [5.74, 6) is 0.932. The number of benzene rings is 1. The van der Waals surface area contributed by atoms with Gasteiger partial charge in [0.05, 0.1) is 6.10 Å². The van der Waals surface area contributed by atoms with E-state index in [1.807, 2.05) is 32.2 Å². The predicted octanol–water partition coefficient (Wildman–Crippen LogP) is 5.17. The van der Waals surface area contributed by atoms with Gasteiger partial charge in [-0.15, -0.1) is 23.7 Å². The molecule has 3 aromatic rings. The van der Waals surface area contributed by atoms with Crippen molar-refractivity contribution in [1.29, 1.82) is 0 Å². The average molecular weight is 306 g/mol. The van der Waals surface area contributed by atoms with E-state index in [9.17, 15) is 0 Å². The van der Waals surface area contributed by atoms with Gasteiger partial charge in [0.15, 0.2) is 0 Å². The Morgan fingerprint density at radius 1 is 1.20 bits per heavy atom. The van der Waals surface area contributed by atoms with E-state index in [-0.39, 0.29) is 18.5 Å². The fourth-order valence-corrected chi connectivity index (χ4v) is 3.10. The van der Waals surface area contributed by atoms with Crippen LogP contribution < -0.4 is 4.74 Å². The minimum atomic E-state index is 0. The number of ether oxygens (including phenoxy) is 1. The highest BCUT2D eigenvalue weighted by Gasteiger charge is 2.08. The monoisotopic (exact) mass is 305 g/mol. The molecule has 0 radical (unpaired) electrons. The maximum absolute atomic E-state index is 5.73.